The van der Waals surface area contributed by atoms with Crippen LogP contribution >= 0.6 is 0 Å². The summed E-state index contributed by atoms with van der Waals surface area (Å²) in [6, 6.07) is 79.1. The second-order valence-corrected chi connectivity index (χ2v) is 17.2. The van der Waals surface area contributed by atoms with Gasteiger partial charge in [-0.15, -0.1) is 0 Å². The lowest BCUT2D eigenvalue weighted by Gasteiger charge is -2.23. The van der Waals surface area contributed by atoms with Crippen molar-refractivity contribution in [2.45, 2.75) is 19.3 Å². The molecule has 0 unspecified atom stereocenters. The second-order valence-electron chi connectivity index (χ2n) is 17.2. The molecule has 0 spiro atoms. The SMILES string of the molecule is CC1(C)c2cc3ccccc3cc2-c2c(-c3ccccc3-c3c4ccccc4c(-c4cc(-c5ccccc5-c5ccccc5)nc(-c5ccccc5)n4)c4ccccc34)cccc21. The Hall–Kier alpha value is -7.94. The molecule has 0 saturated carbocycles. The van der Waals surface area contributed by atoms with E-state index in [9.17, 15) is 0 Å². The molecule has 0 atom stereocenters. The molecule has 296 valence electrons. The highest BCUT2D eigenvalue weighted by Gasteiger charge is 2.37. The molecule has 0 radical (unpaired) electrons. The third-order valence-corrected chi connectivity index (χ3v) is 13.3. The van der Waals surface area contributed by atoms with Crippen LogP contribution in [-0.2, 0) is 5.41 Å². The van der Waals surface area contributed by atoms with Crippen molar-refractivity contribution >= 4 is 32.3 Å². The van der Waals surface area contributed by atoms with Crippen molar-refractivity contribution in [1.29, 1.82) is 0 Å². The molecule has 0 bridgehead atoms. The second kappa shape index (κ2) is 14.6. The van der Waals surface area contributed by atoms with E-state index in [0.717, 1.165) is 50.0 Å². The Morgan fingerprint density at radius 1 is 0.302 bits per heavy atom. The molecule has 63 heavy (non-hydrogen) atoms. The molecule has 2 nitrogen and oxygen atoms in total. The monoisotopic (exact) mass is 802 g/mol. The summed E-state index contributed by atoms with van der Waals surface area (Å²) in [7, 11) is 0. The van der Waals surface area contributed by atoms with Gasteiger partial charge in [-0.25, -0.2) is 9.97 Å². The lowest BCUT2D eigenvalue weighted by atomic mass is 9.80. The van der Waals surface area contributed by atoms with E-state index >= 15 is 0 Å². The van der Waals surface area contributed by atoms with E-state index in [2.05, 4.69) is 226 Å². The number of rotatable bonds is 6. The summed E-state index contributed by atoms with van der Waals surface area (Å²) in [4.78, 5) is 10.8. The first kappa shape index (κ1) is 36.9. The molecule has 1 aromatic heterocycles. The molecular formula is C61H42N2. The van der Waals surface area contributed by atoms with Gasteiger partial charge in [-0.05, 0) is 106 Å². The fraction of sp³-hybridized carbons (Fsp3) is 0.0492. The standard InChI is InChI=1S/C61H42N2/c1-61(2)53-35-19-34-47(58(53)52-36-41-24-9-10-25-42(41)37-54(52)61)44-27-12-14-29-46(44)57-48-30-15-17-32-50(48)59(51-33-18-16-31-49(51)57)56-38-55(62-60(63-56)40-22-7-4-8-23-40)45-28-13-11-26-43(45)39-20-5-3-6-21-39/h3-38H,1-2H3. The predicted molar refractivity (Wildman–Crippen MR) is 265 cm³/mol. The van der Waals surface area contributed by atoms with Gasteiger partial charge in [0.1, 0.15) is 0 Å². The van der Waals surface area contributed by atoms with Crippen LogP contribution in [0.5, 0.6) is 0 Å². The molecule has 0 N–H and O–H groups in total. The minimum atomic E-state index is -0.142. The molecule has 10 aromatic carbocycles. The lowest BCUT2D eigenvalue weighted by Crippen LogP contribution is -2.14. The quantitative estimate of drug-likeness (QED) is 0.157. The smallest absolute Gasteiger partial charge is 0.160 e. The number of hydrogen-bond donors (Lipinski definition) is 0. The first-order valence-corrected chi connectivity index (χ1v) is 21.8. The number of fused-ring (bicyclic) bond motifs is 6. The summed E-state index contributed by atoms with van der Waals surface area (Å²) in [5.74, 6) is 0.697. The van der Waals surface area contributed by atoms with Crippen LogP contribution in [0.4, 0.5) is 0 Å². The summed E-state index contributed by atoms with van der Waals surface area (Å²) < 4.78 is 0. The molecular weight excluding hydrogens is 761 g/mol. The molecule has 2 heteroatoms. The van der Waals surface area contributed by atoms with Crippen LogP contribution in [0.25, 0.3) is 111 Å². The van der Waals surface area contributed by atoms with E-state index < -0.39 is 0 Å². The number of nitrogens with zero attached hydrogens (tertiary/aromatic N) is 2. The van der Waals surface area contributed by atoms with Crippen molar-refractivity contribution < 1.29 is 0 Å². The van der Waals surface area contributed by atoms with Crippen molar-refractivity contribution in [1.82, 2.24) is 9.97 Å². The van der Waals surface area contributed by atoms with Crippen molar-refractivity contribution in [3.63, 3.8) is 0 Å². The van der Waals surface area contributed by atoms with Crippen LogP contribution in [0, 0.1) is 0 Å². The summed E-state index contributed by atoms with van der Waals surface area (Å²) in [6.45, 7) is 4.76. The average Bonchev–Trinajstić information content (AvgIpc) is 3.57. The zero-order valence-corrected chi connectivity index (χ0v) is 35.2. The van der Waals surface area contributed by atoms with Crippen LogP contribution in [-0.4, -0.2) is 9.97 Å². The van der Waals surface area contributed by atoms with Crippen molar-refractivity contribution in [3.8, 4) is 78.4 Å². The fourth-order valence-corrected chi connectivity index (χ4v) is 10.3. The van der Waals surface area contributed by atoms with Gasteiger partial charge in [-0.3, -0.25) is 0 Å². The van der Waals surface area contributed by atoms with Crippen LogP contribution in [0.15, 0.2) is 218 Å². The first-order valence-electron chi connectivity index (χ1n) is 21.8. The minimum absolute atomic E-state index is 0.142. The van der Waals surface area contributed by atoms with Gasteiger partial charge in [0.2, 0.25) is 0 Å². The first-order chi connectivity index (χ1) is 31.0. The van der Waals surface area contributed by atoms with E-state index in [1.54, 1.807) is 0 Å². The molecule has 0 amide bonds. The van der Waals surface area contributed by atoms with Crippen LogP contribution in [0.1, 0.15) is 25.0 Å². The summed E-state index contributed by atoms with van der Waals surface area (Å²) in [5, 5.41) is 7.22. The Morgan fingerprint density at radius 2 is 0.794 bits per heavy atom. The van der Waals surface area contributed by atoms with Crippen LogP contribution < -0.4 is 0 Å². The zero-order chi connectivity index (χ0) is 42.1. The number of benzene rings is 10. The van der Waals surface area contributed by atoms with Gasteiger partial charge in [0.15, 0.2) is 5.82 Å². The number of aromatic nitrogens is 2. The maximum absolute atomic E-state index is 5.45. The highest BCUT2D eigenvalue weighted by Crippen LogP contribution is 2.55. The Kier molecular flexibility index (Phi) is 8.55. The zero-order valence-electron chi connectivity index (χ0n) is 35.2. The summed E-state index contributed by atoms with van der Waals surface area (Å²) >= 11 is 0. The Bertz CT molecular complexity index is 3530. The van der Waals surface area contributed by atoms with Gasteiger partial charge < -0.3 is 0 Å². The molecule has 0 aliphatic heterocycles. The molecule has 0 fully saturated rings. The average molecular weight is 803 g/mol. The van der Waals surface area contributed by atoms with Gasteiger partial charge in [0.25, 0.3) is 0 Å². The molecule has 0 saturated heterocycles. The summed E-state index contributed by atoms with van der Waals surface area (Å²) in [6.07, 6.45) is 0. The fourth-order valence-electron chi connectivity index (χ4n) is 10.3. The number of hydrogen-bond acceptors (Lipinski definition) is 2. The highest BCUT2D eigenvalue weighted by molar-refractivity contribution is 6.22. The normalized spacial score (nSPS) is 12.7. The van der Waals surface area contributed by atoms with Crippen molar-refractivity contribution in [3.05, 3.63) is 230 Å². The van der Waals surface area contributed by atoms with Gasteiger partial charge in [0, 0.05) is 22.1 Å². The van der Waals surface area contributed by atoms with Gasteiger partial charge in [0.05, 0.1) is 11.4 Å². The molecule has 1 aliphatic rings. The maximum Gasteiger partial charge on any atom is 0.160 e. The minimum Gasteiger partial charge on any atom is -0.228 e. The van der Waals surface area contributed by atoms with Crippen molar-refractivity contribution in [2.75, 3.05) is 0 Å². The van der Waals surface area contributed by atoms with Gasteiger partial charge in [-0.1, -0.05) is 214 Å². The van der Waals surface area contributed by atoms with E-state index in [1.807, 2.05) is 6.07 Å². The van der Waals surface area contributed by atoms with Crippen molar-refractivity contribution in [2.24, 2.45) is 0 Å². The van der Waals surface area contributed by atoms with Crippen LogP contribution in [0.3, 0.4) is 0 Å². The third kappa shape index (κ3) is 5.94. The lowest BCUT2D eigenvalue weighted by molar-refractivity contribution is 0.661. The van der Waals surface area contributed by atoms with E-state index in [4.69, 9.17) is 9.97 Å². The topological polar surface area (TPSA) is 25.8 Å². The molecule has 1 heterocycles. The predicted octanol–water partition coefficient (Wildman–Crippen LogP) is 16.2. The van der Waals surface area contributed by atoms with Crippen LogP contribution in [0.2, 0.25) is 0 Å². The summed E-state index contributed by atoms with van der Waals surface area (Å²) in [5.41, 5.74) is 17.4. The maximum atomic E-state index is 5.45. The highest BCUT2D eigenvalue weighted by atomic mass is 14.9. The molecule has 12 rings (SSSR count). The third-order valence-electron chi connectivity index (χ3n) is 13.3. The van der Waals surface area contributed by atoms with Gasteiger partial charge in [-0.2, -0.15) is 0 Å². The molecule has 11 aromatic rings. The van der Waals surface area contributed by atoms with E-state index in [1.165, 1.54) is 66.1 Å². The molecule has 1 aliphatic carbocycles. The van der Waals surface area contributed by atoms with E-state index in [0.29, 0.717) is 5.82 Å². The Labute approximate surface area is 367 Å². The van der Waals surface area contributed by atoms with Gasteiger partial charge >= 0.3 is 0 Å². The largest absolute Gasteiger partial charge is 0.228 e. The Balaban J connectivity index is 1.12. The van der Waals surface area contributed by atoms with E-state index in [-0.39, 0.29) is 5.41 Å². The Morgan fingerprint density at radius 3 is 1.46 bits per heavy atom.